The van der Waals surface area contributed by atoms with Gasteiger partial charge < -0.3 is 20.7 Å². The van der Waals surface area contributed by atoms with Gasteiger partial charge in [0, 0.05) is 25.8 Å². The molecule has 3 aromatic rings. The number of nitrogens with zero attached hydrogens (tertiary/aromatic N) is 3. The van der Waals surface area contributed by atoms with Gasteiger partial charge in [0.2, 0.25) is 0 Å². The minimum atomic E-state index is 0.323. The predicted octanol–water partition coefficient (Wildman–Crippen LogP) is 3.87. The number of aromatic nitrogens is 1. The highest BCUT2D eigenvalue weighted by atomic mass is 16.5. The highest BCUT2D eigenvalue weighted by Crippen LogP contribution is 2.23. The number of guanidine groups is 1. The number of hydrogen-bond acceptors (Lipinski definition) is 4. The maximum absolute atomic E-state index is 6.01. The van der Waals surface area contributed by atoms with Crippen LogP contribution in [0.5, 0.6) is 11.5 Å². The van der Waals surface area contributed by atoms with Gasteiger partial charge in [0.25, 0.3) is 0 Å². The van der Waals surface area contributed by atoms with Crippen molar-refractivity contribution in [3.05, 3.63) is 78.5 Å². The molecule has 3 N–H and O–H groups in total. The molecular weight excluding hydrogens is 338 g/mol. The van der Waals surface area contributed by atoms with Gasteiger partial charge in [-0.05, 0) is 36.4 Å². The van der Waals surface area contributed by atoms with E-state index >= 15 is 0 Å². The summed E-state index contributed by atoms with van der Waals surface area (Å²) in [5.74, 6) is 2.71. The molecule has 1 aromatic heterocycles. The molecule has 3 rings (SSSR count). The summed E-state index contributed by atoms with van der Waals surface area (Å²) in [7, 11) is 3.91. The quantitative estimate of drug-likeness (QED) is 0.515. The zero-order chi connectivity index (χ0) is 19.1. The zero-order valence-electron chi connectivity index (χ0n) is 15.5. The minimum Gasteiger partial charge on any atom is -0.457 e. The molecule has 0 aliphatic heterocycles. The second kappa shape index (κ2) is 8.71. The van der Waals surface area contributed by atoms with Crippen LogP contribution in [-0.4, -0.2) is 25.0 Å². The summed E-state index contributed by atoms with van der Waals surface area (Å²) in [4.78, 5) is 10.8. The normalized spacial score (nSPS) is 11.1. The Bertz CT molecular complexity index is 909. The number of hydrogen-bond donors (Lipinski definition) is 2. The highest BCUT2D eigenvalue weighted by molar-refractivity contribution is 5.92. The van der Waals surface area contributed by atoms with Crippen LogP contribution >= 0.6 is 0 Å². The third-order valence-electron chi connectivity index (χ3n) is 3.75. The van der Waals surface area contributed by atoms with Crippen molar-refractivity contribution in [3.8, 4) is 11.5 Å². The van der Waals surface area contributed by atoms with E-state index in [9.17, 15) is 0 Å². The van der Waals surface area contributed by atoms with E-state index < -0.39 is 0 Å². The van der Waals surface area contributed by atoms with Crippen LogP contribution in [0.4, 0.5) is 11.5 Å². The number of anilines is 2. The summed E-state index contributed by atoms with van der Waals surface area (Å²) in [6, 6.07) is 23.0. The van der Waals surface area contributed by atoms with E-state index in [0.717, 1.165) is 28.7 Å². The van der Waals surface area contributed by atoms with Crippen LogP contribution in [0.2, 0.25) is 0 Å². The second-order valence-electron chi connectivity index (χ2n) is 6.15. The van der Waals surface area contributed by atoms with E-state index in [0.29, 0.717) is 12.5 Å². The first-order chi connectivity index (χ1) is 13.1. The van der Waals surface area contributed by atoms with Crippen molar-refractivity contribution >= 4 is 17.5 Å². The van der Waals surface area contributed by atoms with Crippen LogP contribution < -0.4 is 20.7 Å². The van der Waals surface area contributed by atoms with Gasteiger partial charge >= 0.3 is 0 Å². The highest BCUT2D eigenvalue weighted by Gasteiger charge is 2.02. The Kier molecular flexibility index (Phi) is 5.89. The van der Waals surface area contributed by atoms with Crippen molar-refractivity contribution in [2.75, 3.05) is 24.3 Å². The third kappa shape index (κ3) is 5.47. The predicted molar refractivity (Wildman–Crippen MR) is 110 cm³/mol. The van der Waals surface area contributed by atoms with Crippen molar-refractivity contribution in [3.63, 3.8) is 0 Å². The molecule has 1 heterocycles. The number of aliphatic imine (C=N–C) groups is 1. The summed E-state index contributed by atoms with van der Waals surface area (Å²) in [5, 5.41) is 3.09. The van der Waals surface area contributed by atoms with Crippen molar-refractivity contribution in [1.82, 2.24) is 4.98 Å². The molecular formula is C21H23N5O. The maximum atomic E-state index is 6.01. The van der Waals surface area contributed by atoms with Gasteiger partial charge in [-0.25, -0.2) is 9.98 Å². The molecule has 27 heavy (non-hydrogen) atoms. The standard InChI is InChI=1S/C21H23N5O/c1-26(2)20-13-7-9-17(24-20)15-23-21(22)25-16-8-6-12-19(14-16)27-18-10-4-3-5-11-18/h3-14H,15H2,1-2H3,(H3,22,23,25). The number of nitrogens with two attached hydrogens (primary N) is 1. The lowest BCUT2D eigenvalue weighted by Gasteiger charge is -2.12. The molecule has 0 spiro atoms. The van der Waals surface area contributed by atoms with Gasteiger partial charge in [0.1, 0.15) is 17.3 Å². The molecule has 2 aromatic carbocycles. The lowest BCUT2D eigenvalue weighted by molar-refractivity contribution is 0.483. The second-order valence-corrected chi connectivity index (χ2v) is 6.15. The topological polar surface area (TPSA) is 75.8 Å². The van der Waals surface area contributed by atoms with Crippen LogP contribution in [0.15, 0.2) is 77.8 Å². The van der Waals surface area contributed by atoms with E-state index in [1.807, 2.05) is 91.8 Å². The molecule has 0 bridgehead atoms. The summed E-state index contributed by atoms with van der Waals surface area (Å²) in [5.41, 5.74) is 7.67. The smallest absolute Gasteiger partial charge is 0.193 e. The molecule has 138 valence electrons. The minimum absolute atomic E-state index is 0.323. The van der Waals surface area contributed by atoms with E-state index in [1.54, 1.807) is 0 Å². The molecule has 0 radical (unpaired) electrons. The van der Waals surface area contributed by atoms with E-state index in [-0.39, 0.29) is 0 Å². The molecule has 0 aliphatic carbocycles. The molecule has 6 nitrogen and oxygen atoms in total. The van der Waals surface area contributed by atoms with Gasteiger partial charge in [-0.1, -0.05) is 30.3 Å². The van der Waals surface area contributed by atoms with Crippen LogP contribution in [0, 0.1) is 0 Å². The van der Waals surface area contributed by atoms with Gasteiger partial charge in [0.05, 0.1) is 12.2 Å². The number of pyridine rings is 1. The summed E-state index contributed by atoms with van der Waals surface area (Å²) < 4.78 is 5.83. The average molecular weight is 361 g/mol. The monoisotopic (exact) mass is 361 g/mol. The first-order valence-corrected chi connectivity index (χ1v) is 8.63. The Balaban J connectivity index is 1.63. The SMILES string of the molecule is CN(C)c1cccc(CN=C(N)Nc2cccc(Oc3ccccc3)c2)n1. The first-order valence-electron chi connectivity index (χ1n) is 8.63. The molecule has 6 heteroatoms. The lowest BCUT2D eigenvalue weighted by Crippen LogP contribution is -2.22. The summed E-state index contributed by atoms with van der Waals surface area (Å²) in [6.45, 7) is 0.403. The number of benzene rings is 2. The number of nitrogens with one attached hydrogen (secondary N) is 1. The van der Waals surface area contributed by atoms with Crippen LogP contribution in [0.25, 0.3) is 0 Å². The van der Waals surface area contributed by atoms with Crippen LogP contribution in [-0.2, 0) is 6.54 Å². The van der Waals surface area contributed by atoms with Crippen LogP contribution in [0.1, 0.15) is 5.69 Å². The summed E-state index contributed by atoms with van der Waals surface area (Å²) >= 11 is 0. The number of para-hydroxylation sites is 1. The molecule has 0 aliphatic rings. The average Bonchev–Trinajstić information content (AvgIpc) is 2.68. The Morgan fingerprint density at radius 1 is 1.00 bits per heavy atom. The van der Waals surface area contributed by atoms with Gasteiger partial charge in [-0.3, -0.25) is 0 Å². The largest absolute Gasteiger partial charge is 0.457 e. The van der Waals surface area contributed by atoms with Crippen LogP contribution in [0.3, 0.4) is 0 Å². The fraction of sp³-hybridized carbons (Fsp3) is 0.143. The Hall–Kier alpha value is -3.54. The van der Waals surface area contributed by atoms with Crippen molar-refractivity contribution < 1.29 is 4.74 Å². The molecule has 0 fully saturated rings. The third-order valence-corrected chi connectivity index (χ3v) is 3.75. The van der Waals surface area contributed by atoms with Gasteiger partial charge in [-0.2, -0.15) is 0 Å². The van der Waals surface area contributed by atoms with Crippen molar-refractivity contribution in [2.45, 2.75) is 6.54 Å². The van der Waals surface area contributed by atoms with Gasteiger partial charge in [0.15, 0.2) is 5.96 Å². The van der Waals surface area contributed by atoms with Gasteiger partial charge in [-0.15, -0.1) is 0 Å². The van der Waals surface area contributed by atoms with E-state index in [4.69, 9.17) is 10.5 Å². The molecule has 0 saturated carbocycles. The van der Waals surface area contributed by atoms with E-state index in [2.05, 4.69) is 15.3 Å². The Morgan fingerprint density at radius 2 is 1.74 bits per heavy atom. The molecule has 0 amide bonds. The Morgan fingerprint density at radius 3 is 2.52 bits per heavy atom. The maximum Gasteiger partial charge on any atom is 0.193 e. The molecule has 0 atom stereocenters. The fourth-order valence-electron chi connectivity index (χ4n) is 2.42. The van der Waals surface area contributed by atoms with E-state index in [1.165, 1.54) is 0 Å². The lowest BCUT2D eigenvalue weighted by atomic mass is 10.3. The number of ether oxygens (including phenoxy) is 1. The molecule has 0 unspecified atom stereocenters. The first kappa shape index (κ1) is 18.3. The zero-order valence-corrected chi connectivity index (χ0v) is 15.5. The van der Waals surface area contributed by atoms with Crippen molar-refractivity contribution in [2.24, 2.45) is 10.7 Å². The van der Waals surface area contributed by atoms with Crippen molar-refractivity contribution in [1.29, 1.82) is 0 Å². The fourth-order valence-corrected chi connectivity index (χ4v) is 2.42. The Labute approximate surface area is 159 Å². The number of rotatable bonds is 6. The summed E-state index contributed by atoms with van der Waals surface area (Å²) in [6.07, 6.45) is 0. The molecule has 0 saturated heterocycles.